The van der Waals surface area contributed by atoms with Gasteiger partial charge in [-0.15, -0.1) is 5.10 Å². The van der Waals surface area contributed by atoms with Gasteiger partial charge in [0.15, 0.2) is 6.67 Å². The minimum absolute atomic E-state index is 0.00816. The maximum Gasteiger partial charge on any atom is 0.292 e. The average molecular weight is 335 g/mol. The number of piperidine rings is 1. The van der Waals surface area contributed by atoms with Crippen molar-refractivity contribution in [3.05, 3.63) is 39.2 Å². The van der Waals surface area contributed by atoms with Crippen LogP contribution in [0.3, 0.4) is 0 Å². The largest absolute Gasteiger partial charge is 0.409 e. The normalized spacial score (nSPS) is 21.3. The topological polar surface area (TPSA) is 78.5 Å². The Kier molecular flexibility index (Phi) is 4.53. The molecule has 7 nitrogen and oxygen atoms in total. The highest BCUT2D eigenvalue weighted by Crippen LogP contribution is 2.22. The number of nitrogens with zero attached hydrogens (tertiary/aromatic N) is 3. The van der Waals surface area contributed by atoms with Crippen molar-refractivity contribution >= 4 is 17.9 Å². The van der Waals surface area contributed by atoms with Crippen molar-refractivity contribution in [2.24, 2.45) is 5.92 Å². The number of nitrogens with one attached hydrogen (secondary N) is 1. The molecule has 0 atom stereocenters. The zero-order valence-electron chi connectivity index (χ0n) is 12.9. The molecule has 0 unspecified atom stereocenters. The molecule has 1 aromatic heterocycles. The van der Waals surface area contributed by atoms with E-state index in [2.05, 4.69) is 12.0 Å². The van der Waals surface area contributed by atoms with E-state index in [1.165, 1.54) is 29.9 Å². The van der Waals surface area contributed by atoms with Crippen molar-refractivity contribution < 1.29 is 14.2 Å². The van der Waals surface area contributed by atoms with Crippen molar-refractivity contribution in [1.29, 1.82) is 0 Å². The van der Waals surface area contributed by atoms with Crippen LogP contribution in [0.5, 0.6) is 0 Å². The maximum atomic E-state index is 10.9. The van der Waals surface area contributed by atoms with Crippen molar-refractivity contribution in [3.63, 3.8) is 0 Å². The highest BCUT2D eigenvalue weighted by molar-refractivity contribution is 7.71. The van der Waals surface area contributed by atoms with Crippen LogP contribution < -0.4 is 4.90 Å². The zero-order valence-corrected chi connectivity index (χ0v) is 13.7. The molecular weight excluding hydrogens is 316 g/mol. The van der Waals surface area contributed by atoms with Crippen LogP contribution in [0, 0.1) is 20.9 Å². The van der Waals surface area contributed by atoms with Crippen LogP contribution in [-0.2, 0) is 6.67 Å². The molecule has 0 radical (unpaired) electrons. The van der Waals surface area contributed by atoms with E-state index >= 15 is 0 Å². The number of hydrogen-bond donors (Lipinski definition) is 1. The molecule has 23 heavy (non-hydrogen) atoms. The maximum absolute atomic E-state index is 10.9. The quantitative estimate of drug-likeness (QED) is 0.526. The Morgan fingerprint density at radius 2 is 2.22 bits per heavy atom. The van der Waals surface area contributed by atoms with E-state index in [0.717, 1.165) is 19.0 Å². The molecule has 2 aromatic rings. The number of nitro benzene ring substituents is 1. The zero-order chi connectivity index (χ0) is 16.4. The Bertz CT molecular complexity index is 762. The summed E-state index contributed by atoms with van der Waals surface area (Å²) in [5.74, 6) is 1.10. The van der Waals surface area contributed by atoms with Gasteiger partial charge in [0.1, 0.15) is 0 Å². The molecule has 3 rings (SSSR count). The number of rotatable bonds is 4. The van der Waals surface area contributed by atoms with Gasteiger partial charge in [0, 0.05) is 17.7 Å². The number of nitro groups is 1. The van der Waals surface area contributed by atoms with E-state index in [-0.39, 0.29) is 5.69 Å². The monoisotopic (exact) mass is 335 g/mol. The predicted octanol–water partition coefficient (Wildman–Crippen LogP) is 2.05. The fourth-order valence-corrected chi connectivity index (χ4v) is 3.00. The summed E-state index contributed by atoms with van der Waals surface area (Å²) in [6, 6.07) is 6.23. The Labute approximate surface area is 138 Å². The summed E-state index contributed by atoms with van der Waals surface area (Å²) in [5.41, 5.74) is 0.570. The Balaban J connectivity index is 1.79. The lowest BCUT2D eigenvalue weighted by molar-refractivity contribution is -0.929. The molecule has 1 fully saturated rings. The van der Waals surface area contributed by atoms with Gasteiger partial charge in [-0.05, 0) is 37.0 Å². The molecule has 2 heterocycles. The second-order valence-electron chi connectivity index (χ2n) is 6.07. The van der Waals surface area contributed by atoms with Crippen molar-refractivity contribution in [2.75, 3.05) is 13.1 Å². The minimum atomic E-state index is -0.436. The van der Waals surface area contributed by atoms with Gasteiger partial charge in [-0.2, -0.15) is 4.68 Å². The van der Waals surface area contributed by atoms with E-state index in [9.17, 15) is 10.1 Å². The standard InChI is InChI=1S/C15H18N4O3S/c1-11-5-7-17(8-6-11)10-18-15(23)22-14(16-18)12-3-2-4-13(9-12)19(20)21/h2-4,9,11H,5-8,10H2,1H3/p+1. The van der Waals surface area contributed by atoms with Crippen LogP contribution in [0.1, 0.15) is 19.8 Å². The molecule has 1 N–H and O–H groups in total. The summed E-state index contributed by atoms with van der Waals surface area (Å²) >= 11 is 5.24. The van der Waals surface area contributed by atoms with Gasteiger partial charge < -0.3 is 9.32 Å². The van der Waals surface area contributed by atoms with Crippen LogP contribution in [-0.4, -0.2) is 27.8 Å². The Hall–Kier alpha value is -2.06. The lowest BCUT2D eigenvalue weighted by Crippen LogP contribution is -3.12. The van der Waals surface area contributed by atoms with Gasteiger partial charge in [0.25, 0.3) is 10.5 Å². The molecule has 8 heteroatoms. The first kappa shape index (κ1) is 15.8. The SMILES string of the molecule is CC1CC[NH+](Cn2nc(-c3cccc([N+](=O)[O-])c3)oc2=S)CC1. The first-order valence-corrected chi connectivity index (χ1v) is 8.10. The van der Waals surface area contributed by atoms with Crippen LogP contribution in [0.4, 0.5) is 5.69 Å². The van der Waals surface area contributed by atoms with Gasteiger partial charge in [-0.1, -0.05) is 13.0 Å². The molecule has 1 aliphatic heterocycles. The smallest absolute Gasteiger partial charge is 0.292 e. The lowest BCUT2D eigenvalue weighted by atomic mass is 10.00. The molecule has 0 saturated carbocycles. The fraction of sp³-hybridized carbons (Fsp3) is 0.467. The molecule has 1 aliphatic rings. The number of benzene rings is 1. The number of quaternary nitrogens is 1. The van der Waals surface area contributed by atoms with Gasteiger partial charge in [0.2, 0.25) is 5.89 Å². The second kappa shape index (κ2) is 6.59. The van der Waals surface area contributed by atoms with E-state index in [1.807, 2.05) is 0 Å². The molecular formula is C15H19N4O3S+. The molecule has 0 bridgehead atoms. The third-order valence-corrected chi connectivity index (χ3v) is 4.56. The summed E-state index contributed by atoms with van der Waals surface area (Å²) < 4.78 is 7.20. The summed E-state index contributed by atoms with van der Waals surface area (Å²) in [4.78, 5) is 12.2. The summed E-state index contributed by atoms with van der Waals surface area (Å²) in [6.45, 7) is 5.15. The van der Waals surface area contributed by atoms with E-state index in [0.29, 0.717) is 23.0 Å². The summed E-state index contributed by atoms with van der Waals surface area (Å²) in [5, 5.41) is 15.3. The summed E-state index contributed by atoms with van der Waals surface area (Å²) in [7, 11) is 0. The first-order chi connectivity index (χ1) is 11.0. The Morgan fingerprint density at radius 3 is 2.91 bits per heavy atom. The predicted molar refractivity (Wildman–Crippen MR) is 86.5 cm³/mol. The number of likely N-dealkylation sites (tertiary alicyclic amines) is 1. The number of hydrogen-bond acceptors (Lipinski definition) is 5. The first-order valence-electron chi connectivity index (χ1n) is 7.69. The average Bonchev–Trinajstić information content (AvgIpc) is 2.91. The van der Waals surface area contributed by atoms with Crippen molar-refractivity contribution in [2.45, 2.75) is 26.4 Å². The van der Waals surface area contributed by atoms with Crippen LogP contribution in [0.2, 0.25) is 0 Å². The number of aromatic nitrogens is 2. The van der Waals surface area contributed by atoms with Gasteiger partial charge >= 0.3 is 0 Å². The Morgan fingerprint density at radius 1 is 1.48 bits per heavy atom. The van der Waals surface area contributed by atoms with Gasteiger partial charge in [-0.25, -0.2) is 0 Å². The van der Waals surface area contributed by atoms with Gasteiger partial charge in [-0.3, -0.25) is 10.1 Å². The molecule has 1 aromatic carbocycles. The molecule has 0 aliphatic carbocycles. The van der Waals surface area contributed by atoms with Crippen LogP contribution in [0.25, 0.3) is 11.5 Å². The van der Waals surface area contributed by atoms with E-state index in [4.69, 9.17) is 16.6 Å². The third-order valence-electron chi connectivity index (χ3n) is 4.26. The summed E-state index contributed by atoms with van der Waals surface area (Å²) in [6.07, 6.45) is 2.41. The van der Waals surface area contributed by atoms with Gasteiger partial charge in [0.05, 0.1) is 18.0 Å². The molecule has 1 saturated heterocycles. The minimum Gasteiger partial charge on any atom is -0.409 e. The third kappa shape index (κ3) is 3.65. The lowest BCUT2D eigenvalue weighted by Gasteiger charge is -2.26. The van der Waals surface area contributed by atoms with Crippen molar-refractivity contribution in [1.82, 2.24) is 9.78 Å². The van der Waals surface area contributed by atoms with Crippen molar-refractivity contribution in [3.8, 4) is 11.5 Å². The fourth-order valence-electron chi connectivity index (χ4n) is 2.82. The highest BCUT2D eigenvalue weighted by Gasteiger charge is 2.21. The molecule has 122 valence electrons. The second-order valence-corrected chi connectivity index (χ2v) is 6.42. The van der Waals surface area contributed by atoms with E-state index in [1.54, 1.807) is 16.8 Å². The number of non-ortho nitro benzene ring substituents is 1. The van der Waals surface area contributed by atoms with Crippen LogP contribution in [0.15, 0.2) is 28.7 Å². The molecule has 0 amide bonds. The molecule has 0 spiro atoms. The highest BCUT2D eigenvalue weighted by atomic mass is 32.1. The van der Waals surface area contributed by atoms with E-state index < -0.39 is 4.92 Å². The van der Waals surface area contributed by atoms with Crippen LogP contribution >= 0.6 is 12.2 Å².